The van der Waals surface area contributed by atoms with E-state index in [-0.39, 0.29) is 19.4 Å². The Bertz CT molecular complexity index is 1030. The van der Waals surface area contributed by atoms with Crippen LogP contribution in [0.2, 0.25) is 0 Å². The number of phosphoric ester groups is 1. The minimum absolute atomic E-state index is 0.174. The van der Waals surface area contributed by atoms with Gasteiger partial charge in [-0.05, 0) is 70.6 Å². The fraction of sp³-hybridized carbons (Fsp3) is 0.822. The molecule has 0 saturated heterocycles. The van der Waals surface area contributed by atoms with Crippen molar-refractivity contribution in [3.05, 3.63) is 36.5 Å². The van der Waals surface area contributed by atoms with Gasteiger partial charge in [-0.25, -0.2) is 4.57 Å². The van der Waals surface area contributed by atoms with Crippen molar-refractivity contribution in [3.63, 3.8) is 0 Å². The van der Waals surface area contributed by atoms with Gasteiger partial charge in [0.1, 0.15) is 12.7 Å². The van der Waals surface area contributed by atoms with E-state index >= 15 is 0 Å². The van der Waals surface area contributed by atoms with E-state index < -0.39 is 51.8 Å². The van der Waals surface area contributed by atoms with Gasteiger partial charge >= 0.3 is 19.8 Å². The second-order valence-corrected chi connectivity index (χ2v) is 16.5. The summed E-state index contributed by atoms with van der Waals surface area (Å²) in [5.74, 6) is -0.940. The third-order valence-electron chi connectivity index (χ3n) is 9.52. The average Bonchev–Trinajstić information content (AvgIpc) is 3.19. The number of aliphatic hydroxyl groups excluding tert-OH is 2. The number of allylic oxidation sites excluding steroid dienone is 6. The first-order chi connectivity index (χ1) is 27.2. The number of phosphoric acid groups is 1. The first-order valence-corrected chi connectivity index (χ1v) is 23.9. The molecule has 0 heterocycles. The van der Waals surface area contributed by atoms with Crippen LogP contribution in [0.1, 0.15) is 200 Å². The van der Waals surface area contributed by atoms with Crippen LogP contribution in [0.15, 0.2) is 36.5 Å². The third kappa shape index (κ3) is 40.4. The first kappa shape index (κ1) is 54.2. The van der Waals surface area contributed by atoms with Crippen LogP contribution in [-0.4, -0.2) is 65.7 Å². The standard InChI is InChI=1S/C45H83O10P/c1-3-5-7-9-11-13-15-17-19-20-21-23-25-27-29-31-33-35-37-45(49)55-43(41-54-56(50,51)53-39-42(47)38-46)40-52-44(48)36-34-32-30-28-26-24-22-18-16-14-12-10-8-6-4-2/h13,15,18-20,22,42-43,46-47H,3-12,14,16-17,21,23-41H2,1-2H3,(H,50,51)/b15-13-,20-19-,22-18-. The van der Waals surface area contributed by atoms with Crippen LogP contribution in [0.25, 0.3) is 0 Å². The van der Waals surface area contributed by atoms with E-state index in [1.165, 1.54) is 89.9 Å². The average molecular weight is 815 g/mol. The van der Waals surface area contributed by atoms with Gasteiger partial charge in [0.2, 0.25) is 0 Å². The number of unbranched alkanes of at least 4 members (excludes halogenated alkanes) is 22. The molecular formula is C45H83O10P. The second kappa shape index (κ2) is 41.4. The molecule has 10 nitrogen and oxygen atoms in total. The molecule has 0 bridgehead atoms. The highest BCUT2D eigenvalue weighted by molar-refractivity contribution is 7.47. The van der Waals surface area contributed by atoms with Crippen LogP contribution in [0.5, 0.6) is 0 Å². The van der Waals surface area contributed by atoms with Gasteiger partial charge in [-0.2, -0.15) is 0 Å². The fourth-order valence-electron chi connectivity index (χ4n) is 6.02. The third-order valence-corrected chi connectivity index (χ3v) is 10.5. The molecule has 3 unspecified atom stereocenters. The van der Waals surface area contributed by atoms with Gasteiger partial charge in [0.05, 0.1) is 19.8 Å². The fourth-order valence-corrected chi connectivity index (χ4v) is 6.81. The summed E-state index contributed by atoms with van der Waals surface area (Å²) in [6.07, 6.45) is 42.4. The summed E-state index contributed by atoms with van der Waals surface area (Å²) in [6.45, 7) is 2.35. The maximum absolute atomic E-state index is 12.6. The molecule has 3 N–H and O–H groups in total. The number of rotatable bonds is 42. The second-order valence-electron chi connectivity index (χ2n) is 15.1. The molecule has 0 aromatic heterocycles. The van der Waals surface area contributed by atoms with Crippen molar-refractivity contribution in [2.75, 3.05) is 26.4 Å². The van der Waals surface area contributed by atoms with E-state index in [0.717, 1.165) is 70.6 Å². The van der Waals surface area contributed by atoms with E-state index in [4.69, 9.17) is 23.6 Å². The number of carbonyl (C=O) groups is 2. The summed E-state index contributed by atoms with van der Waals surface area (Å²) in [7, 11) is -4.62. The van der Waals surface area contributed by atoms with Gasteiger partial charge in [-0.1, -0.05) is 153 Å². The zero-order valence-corrected chi connectivity index (χ0v) is 36.5. The van der Waals surface area contributed by atoms with Crippen molar-refractivity contribution in [3.8, 4) is 0 Å². The zero-order valence-electron chi connectivity index (χ0n) is 35.6. The Morgan fingerprint density at radius 2 is 0.929 bits per heavy atom. The number of hydrogen-bond donors (Lipinski definition) is 3. The van der Waals surface area contributed by atoms with Crippen LogP contribution < -0.4 is 0 Å². The van der Waals surface area contributed by atoms with Gasteiger partial charge in [0.25, 0.3) is 0 Å². The lowest BCUT2D eigenvalue weighted by Gasteiger charge is -2.20. The Kier molecular flexibility index (Phi) is 40.0. The van der Waals surface area contributed by atoms with Crippen LogP contribution in [0.3, 0.4) is 0 Å². The van der Waals surface area contributed by atoms with E-state index in [9.17, 15) is 24.2 Å². The molecule has 328 valence electrons. The van der Waals surface area contributed by atoms with Crippen molar-refractivity contribution < 1.29 is 47.8 Å². The van der Waals surface area contributed by atoms with Crippen LogP contribution in [0, 0.1) is 0 Å². The van der Waals surface area contributed by atoms with Gasteiger partial charge in [-0.15, -0.1) is 0 Å². The highest BCUT2D eigenvalue weighted by atomic mass is 31.2. The first-order valence-electron chi connectivity index (χ1n) is 22.4. The zero-order chi connectivity index (χ0) is 41.2. The largest absolute Gasteiger partial charge is 0.472 e. The van der Waals surface area contributed by atoms with Crippen LogP contribution in [0.4, 0.5) is 0 Å². The van der Waals surface area contributed by atoms with Gasteiger partial charge in [0, 0.05) is 12.8 Å². The lowest BCUT2D eigenvalue weighted by Crippen LogP contribution is -2.29. The highest BCUT2D eigenvalue weighted by Crippen LogP contribution is 2.43. The number of hydrogen-bond acceptors (Lipinski definition) is 9. The smallest absolute Gasteiger partial charge is 0.462 e. The molecule has 3 atom stereocenters. The van der Waals surface area contributed by atoms with E-state index in [1.54, 1.807) is 0 Å². The molecule has 0 aromatic carbocycles. The molecule has 56 heavy (non-hydrogen) atoms. The number of ether oxygens (including phenoxy) is 2. The topological polar surface area (TPSA) is 149 Å². The Morgan fingerprint density at radius 1 is 0.536 bits per heavy atom. The Hall–Kier alpha value is -1.81. The molecule has 0 radical (unpaired) electrons. The molecule has 0 aromatic rings. The molecule has 0 amide bonds. The van der Waals surface area contributed by atoms with Crippen molar-refractivity contribution in [1.82, 2.24) is 0 Å². The molecule has 11 heteroatoms. The number of carbonyl (C=O) groups excluding carboxylic acids is 2. The quantitative estimate of drug-likeness (QED) is 0.0235. The molecule has 0 aliphatic heterocycles. The minimum Gasteiger partial charge on any atom is -0.462 e. The minimum atomic E-state index is -4.62. The number of esters is 2. The summed E-state index contributed by atoms with van der Waals surface area (Å²) in [5, 5.41) is 18.3. The van der Waals surface area contributed by atoms with E-state index in [1.807, 2.05) is 0 Å². The highest BCUT2D eigenvalue weighted by Gasteiger charge is 2.27. The SMILES string of the molecule is CCCCCC/C=C\C/C=C\CCCCCCCCCC(=O)OC(COC(=O)CCCCCCC/C=C\CCCCCCCC)COP(=O)(O)OCC(O)CO. The van der Waals surface area contributed by atoms with E-state index in [0.29, 0.717) is 12.8 Å². The molecule has 0 spiro atoms. The van der Waals surface area contributed by atoms with Gasteiger partial charge in [-0.3, -0.25) is 18.6 Å². The summed E-state index contributed by atoms with van der Waals surface area (Å²) in [6, 6.07) is 0. The summed E-state index contributed by atoms with van der Waals surface area (Å²) < 4.78 is 32.7. The lowest BCUT2D eigenvalue weighted by atomic mass is 10.1. The molecule has 0 aliphatic carbocycles. The summed E-state index contributed by atoms with van der Waals surface area (Å²) >= 11 is 0. The van der Waals surface area contributed by atoms with Crippen molar-refractivity contribution >= 4 is 19.8 Å². The van der Waals surface area contributed by atoms with Crippen molar-refractivity contribution in [1.29, 1.82) is 0 Å². The monoisotopic (exact) mass is 815 g/mol. The molecule has 0 rings (SSSR count). The lowest BCUT2D eigenvalue weighted by molar-refractivity contribution is -0.161. The normalized spacial score (nSPS) is 14.2. The van der Waals surface area contributed by atoms with Gasteiger partial charge in [0.15, 0.2) is 6.10 Å². The molecule has 0 fully saturated rings. The molecular weight excluding hydrogens is 731 g/mol. The van der Waals surface area contributed by atoms with Crippen molar-refractivity contribution in [2.45, 2.75) is 212 Å². The number of aliphatic hydroxyl groups is 2. The summed E-state index contributed by atoms with van der Waals surface area (Å²) in [5.41, 5.74) is 0. The van der Waals surface area contributed by atoms with Gasteiger partial charge < -0.3 is 24.6 Å². The maximum atomic E-state index is 12.6. The summed E-state index contributed by atoms with van der Waals surface area (Å²) in [4.78, 5) is 35.0. The van der Waals surface area contributed by atoms with Crippen LogP contribution >= 0.6 is 7.82 Å². The van der Waals surface area contributed by atoms with Crippen molar-refractivity contribution in [2.24, 2.45) is 0 Å². The Balaban J connectivity index is 4.30. The van der Waals surface area contributed by atoms with Crippen LogP contribution in [-0.2, 0) is 32.7 Å². The van der Waals surface area contributed by atoms with E-state index in [2.05, 4.69) is 50.3 Å². The maximum Gasteiger partial charge on any atom is 0.472 e. The molecule has 0 saturated carbocycles. The predicted octanol–water partition coefficient (Wildman–Crippen LogP) is 11.9. The Labute approximate surface area is 341 Å². The predicted molar refractivity (Wildman–Crippen MR) is 228 cm³/mol. The Morgan fingerprint density at radius 3 is 1.41 bits per heavy atom. The molecule has 0 aliphatic rings.